The summed E-state index contributed by atoms with van der Waals surface area (Å²) in [7, 11) is 0. The molecule has 0 N–H and O–H groups in total. The van der Waals surface area contributed by atoms with Crippen molar-refractivity contribution in [3.8, 4) is 0 Å². The number of ether oxygens (including phenoxy) is 1. The highest BCUT2D eigenvalue weighted by molar-refractivity contribution is 5.77. The average molecular weight is 227 g/mol. The van der Waals surface area contributed by atoms with Crippen molar-refractivity contribution in [2.75, 3.05) is 13.2 Å². The third kappa shape index (κ3) is 4.97. The second-order valence-electron chi connectivity index (χ2n) is 5.98. The van der Waals surface area contributed by atoms with E-state index in [9.17, 15) is 4.79 Å². The zero-order valence-electron chi connectivity index (χ0n) is 11.2. The topological polar surface area (TPSA) is 29.5 Å². The lowest BCUT2D eigenvalue weighted by molar-refractivity contribution is -0.143. The molecule has 1 aliphatic rings. The molecule has 1 fully saturated rings. The first kappa shape index (κ1) is 13.5. The Balaban J connectivity index is 2.40. The fourth-order valence-electron chi connectivity index (χ4n) is 1.54. The van der Waals surface area contributed by atoms with Gasteiger partial charge in [0.25, 0.3) is 0 Å². The van der Waals surface area contributed by atoms with Gasteiger partial charge in [-0.2, -0.15) is 0 Å². The first-order valence-electron chi connectivity index (χ1n) is 6.23. The SMILES string of the molecule is CC(C)N(CC1CC1)C(=O)COC(C)(C)C. The monoisotopic (exact) mass is 227 g/mol. The maximum atomic E-state index is 12.0. The molecule has 1 amide bonds. The number of amides is 1. The van der Waals surface area contributed by atoms with Crippen molar-refractivity contribution >= 4 is 5.91 Å². The van der Waals surface area contributed by atoms with Crippen molar-refractivity contribution in [1.82, 2.24) is 4.90 Å². The van der Waals surface area contributed by atoms with E-state index >= 15 is 0 Å². The second-order valence-corrected chi connectivity index (χ2v) is 5.98. The number of hydrogen-bond donors (Lipinski definition) is 0. The normalized spacial score (nSPS) is 16.6. The van der Waals surface area contributed by atoms with E-state index in [-0.39, 0.29) is 24.2 Å². The Hall–Kier alpha value is -0.570. The minimum Gasteiger partial charge on any atom is -0.366 e. The summed E-state index contributed by atoms with van der Waals surface area (Å²) < 4.78 is 5.53. The van der Waals surface area contributed by atoms with Gasteiger partial charge in [-0.25, -0.2) is 0 Å². The zero-order chi connectivity index (χ0) is 12.3. The molecule has 3 heteroatoms. The highest BCUT2D eigenvalue weighted by Crippen LogP contribution is 2.30. The van der Waals surface area contributed by atoms with Crippen molar-refractivity contribution < 1.29 is 9.53 Å². The zero-order valence-corrected chi connectivity index (χ0v) is 11.2. The lowest BCUT2D eigenvalue weighted by atomic mass is 10.2. The summed E-state index contributed by atoms with van der Waals surface area (Å²) in [5.74, 6) is 0.859. The standard InChI is InChI=1S/C13H25NO2/c1-10(2)14(8-11-6-7-11)12(15)9-16-13(3,4)5/h10-11H,6-9H2,1-5H3. The third-order valence-electron chi connectivity index (χ3n) is 2.72. The number of hydrogen-bond acceptors (Lipinski definition) is 2. The van der Waals surface area contributed by atoms with Crippen LogP contribution >= 0.6 is 0 Å². The predicted octanol–water partition coefficient (Wildman–Crippen LogP) is 2.45. The van der Waals surface area contributed by atoms with Crippen LogP contribution in [0.25, 0.3) is 0 Å². The van der Waals surface area contributed by atoms with Crippen LogP contribution in [0.5, 0.6) is 0 Å². The molecule has 0 aromatic heterocycles. The lowest BCUT2D eigenvalue weighted by Gasteiger charge is -2.28. The molecule has 1 rings (SSSR count). The van der Waals surface area contributed by atoms with Gasteiger partial charge >= 0.3 is 0 Å². The molecule has 0 atom stereocenters. The fourth-order valence-corrected chi connectivity index (χ4v) is 1.54. The maximum Gasteiger partial charge on any atom is 0.248 e. The van der Waals surface area contributed by atoms with Crippen LogP contribution in [0.1, 0.15) is 47.5 Å². The van der Waals surface area contributed by atoms with Crippen LogP contribution in [0.15, 0.2) is 0 Å². The van der Waals surface area contributed by atoms with Gasteiger partial charge in [0.1, 0.15) is 6.61 Å². The second kappa shape index (κ2) is 5.17. The van der Waals surface area contributed by atoms with Crippen LogP contribution in [0.2, 0.25) is 0 Å². The Kier molecular flexibility index (Phi) is 4.36. The molecule has 0 saturated heterocycles. The van der Waals surface area contributed by atoms with Crippen molar-refractivity contribution in [1.29, 1.82) is 0 Å². The number of carbonyl (C=O) groups excluding carboxylic acids is 1. The Bertz CT molecular complexity index is 239. The van der Waals surface area contributed by atoms with Crippen molar-refractivity contribution in [3.63, 3.8) is 0 Å². The Labute approximate surface area is 99.1 Å². The van der Waals surface area contributed by atoms with E-state index in [0.29, 0.717) is 0 Å². The van der Waals surface area contributed by atoms with E-state index in [1.165, 1.54) is 12.8 Å². The van der Waals surface area contributed by atoms with E-state index in [1.807, 2.05) is 25.7 Å². The van der Waals surface area contributed by atoms with Crippen molar-refractivity contribution in [3.05, 3.63) is 0 Å². The van der Waals surface area contributed by atoms with Gasteiger partial charge in [0.15, 0.2) is 0 Å². The largest absolute Gasteiger partial charge is 0.366 e. The molecule has 1 aliphatic carbocycles. The lowest BCUT2D eigenvalue weighted by Crippen LogP contribution is -2.42. The van der Waals surface area contributed by atoms with E-state index in [4.69, 9.17) is 4.74 Å². The minimum atomic E-state index is -0.238. The molecule has 0 aromatic carbocycles. The van der Waals surface area contributed by atoms with Gasteiger partial charge in [-0.15, -0.1) is 0 Å². The summed E-state index contributed by atoms with van der Waals surface area (Å²) in [6.07, 6.45) is 2.55. The first-order chi connectivity index (χ1) is 7.29. The van der Waals surface area contributed by atoms with Gasteiger partial charge in [-0.05, 0) is 53.4 Å². The molecule has 0 unspecified atom stereocenters. The quantitative estimate of drug-likeness (QED) is 0.722. The summed E-state index contributed by atoms with van der Waals surface area (Å²) >= 11 is 0. The van der Waals surface area contributed by atoms with E-state index in [0.717, 1.165) is 12.5 Å². The van der Waals surface area contributed by atoms with Crippen LogP contribution in [0.4, 0.5) is 0 Å². The molecule has 0 heterocycles. The molecule has 94 valence electrons. The van der Waals surface area contributed by atoms with Gasteiger partial charge in [0.2, 0.25) is 5.91 Å². The van der Waals surface area contributed by atoms with E-state index < -0.39 is 0 Å². The Morgan fingerprint density at radius 3 is 2.31 bits per heavy atom. The highest BCUT2D eigenvalue weighted by atomic mass is 16.5. The Morgan fingerprint density at radius 2 is 1.94 bits per heavy atom. The molecule has 0 bridgehead atoms. The minimum absolute atomic E-state index is 0.122. The van der Waals surface area contributed by atoms with E-state index in [2.05, 4.69) is 13.8 Å². The van der Waals surface area contributed by atoms with Crippen LogP contribution in [0.3, 0.4) is 0 Å². The maximum absolute atomic E-state index is 12.0. The highest BCUT2D eigenvalue weighted by Gasteiger charge is 2.28. The van der Waals surface area contributed by atoms with Gasteiger partial charge in [0, 0.05) is 12.6 Å². The molecular formula is C13H25NO2. The fraction of sp³-hybridized carbons (Fsp3) is 0.923. The van der Waals surface area contributed by atoms with Crippen LogP contribution in [-0.4, -0.2) is 35.6 Å². The van der Waals surface area contributed by atoms with Gasteiger partial charge in [-0.3, -0.25) is 4.79 Å². The molecule has 0 aliphatic heterocycles. The van der Waals surface area contributed by atoms with Crippen molar-refractivity contribution in [2.45, 2.75) is 59.1 Å². The van der Waals surface area contributed by atoms with Crippen LogP contribution < -0.4 is 0 Å². The summed E-state index contributed by atoms with van der Waals surface area (Å²) in [5, 5.41) is 0. The number of nitrogens with zero attached hydrogens (tertiary/aromatic N) is 1. The summed E-state index contributed by atoms with van der Waals surface area (Å²) in [4.78, 5) is 13.9. The molecule has 16 heavy (non-hydrogen) atoms. The molecule has 0 spiro atoms. The molecule has 3 nitrogen and oxygen atoms in total. The van der Waals surface area contributed by atoms with Gasteiger partial charge in [0.05, 0.1) is 5.60 Å². The number of rotatable bonds is 5. The molecule has 0 radical (unpaired) electrons. The average Bonchev–Trinajstić information content (AvgIpc) is 2.92. The summed E-state index contributed by atoms with van der Waals surface area (Å²) in [6.45, 7) is 11.2. The van der Waals surface area contributed by atoms with Gasteiger partial charge < -0.3 is 9.64 Å². The Morgan fingerprint density at radius 1 is 1.38 bits per heavy atom. The summed E-state index contributed by atoms with van der Waals surface area (Å²) in [6, 6.07) is 0.275. The van der Waals surface area contributed by atoms with Crippen LogP contribution in [0, 0.1) is 5.92 Å². The van der Waals surface area contributed by atoms with Crippen molar-refractivity contribution in [2.24, 2.45) is 5.92 Å². The smallest absolute Gasteiger partial charge is 0.248 e. The molecular weight excluding hydrogens is 202 g/mol. The first-order valence-corrected chi connectivity index (χ1v) is 6.23. The van der Waals surface area contributed by atoms with E-state index in [1.54, 1.807) is 0 Å². The third-order valence-corrected chi connectivity index (χ3v) is 2.72. The summed E-state index contributed by atoms with van der Waals surface area (Å²) in [5.41, 5.74) is -0.238. The number of carbonyl (C=O) groups is 1. The van der Waals surface area contributed by atoms with Gasteiger partial charge in [-0.1, -0.05) is 0 Å². The molecule has 0 aromatic rings. The molecule has 1 saturated carbocycles. The predicted molar refractivity (Wildman–Crippen MR) is 65.3 cm³/mol. The van der Waals surface area contributed by atoms with Crippen LogP contribution in [-0.2, 0) is 9.53 Å².